The molecule has 2 heterocycles. The van der Waals surface area contributed by atoms with E-state index in [4.69, 9.17) is 0 Å². The van der Waals surface area contributed by atoms with Crippen LogP contribution in [0.4, 0.5) is 0 Å². The second kappa shape index (κ2) is 8.70. The lowest BCUT2D eigenvalue weighted by Gasteiger charge is -2.38. The van der Waals surface area contributed by atoms with E-state index < -0.39 is 0 Å². The van der Waals surface area contributed by atoms with Gasteiger partial charge in [-0.15, -0.1) is 11.3 Å². The summed E-state index contributed by atoms with van der Waals surface area (Å²) in [4.78, 5) is 31.4. The number of unbranched alkanes of at least 4 members (excludes halogenated alkanes) is 1. The minimum Gasteiger partial charge on any atom is -0.333 e. The quantitative estimate of drug-likeness (QED) is 0.671. The number of benzene rings is 1. The largest absolute Gasteiger partial charge is 0.333 e. The normalized spacial score (nSPS) is 18.4. The van der Waals surface area contributed by atoms with Crippen molar-refractivity contribution < 1.29 is 9.59 Å². The first kappa shape index (κ1) is 20.1. The minimum atomic E-state index is -0.0530. The van der Waals surface area contributed by atoms with E-state index in [1.807, 2.05) is 15.9 Å². The summed E-state index contributed by atoms with van der Waals surface area (Å²) in [6, 6.07) is 10.5. The highest BCUT2D eigenvalue weighted by Gasteiger charge is 2.37. The Morgan fingerprint density at radius 2 is 1.97 bits per heavy atom. The summed E-state index contributed by atoms with van der Waals surface area (Å²) in [5.41, 5.74) is 3.64. The van der Waals surface area contributed by atoms with Crippen molar-refractivity contribution in [3.05, 3.63) is 57.3 Å². The van der Waals surface area contributed by atoms with Crippen LogP contribution in [0, 0.1) is 12.8 Å². The molecule has 4 nitrogen and oxygen atoms in total. The second-order valence-corrected chi connectivity index (χ2v) is 9.28. The monoisotopic (exact) mass is 410 g/mol. The third kappa shape index (κ3) is 4.25. The number of aryl methyl sites for hydroxylation is 1. The molecule has 1 saturated carbocycles. The lowest BCUT2D eigenvalue weighted by Crippen LogP contribution is -2.47. The molecule has 0 saturated heterocycles. The molecule has 154 valence electrons. The highest BCUT2D eigenvalue weighted by molar-refractivity contribution is 7.10. The zero-order valence-electron chi connectivity index (χ0n) is 17.4. The van der Waals surface area contributed by atoms with Gasteiger partial charge in [0.25, 0.3) is 0 Å². The van der Waals surface area contributed by atoms with Gasteiger partial charge in [0.1, 0.15) is 0 Å². The van der Waals surface area contributed by atoms with Crippen molar-refractivity contribution in [3.8, 4) is 0 Å². The van der Waals surface area contributed by atoms with E-state index in [1.165, 1.54) is 21.6 Å². The zero-order chi connectivity index (χ0) is 20.4. The zero-order valence-corrected chi connectivity index (χ0v) is 18.2. The Bertz CT molecular complexity index is 887. The van der Waals surface area contributed by atoms with Gasteiger partial charge in [-0.2, -0.15) is 0 Å². The lowest BCUT2D eigenvalue weighted by molar-refractivity contribution is -0.142. The van der Waals surface area contributed by atoms with Crippen molar-refractivity contribution in [2.75, 3.05) is 19.6 Å². The van der Waals surface area contributed by atoms with E-state index in [0.29, 0.717) is 13.1 Å². The van der Waals surface area contributed by atoms with Gasteiger partial charge in [-0.05, 0) is 60.7 Å². The molecule has 1 aromatic heterocycles. The summed E-state index contributed by atoms with van der Waals surface area (Å²) in [6.45, 7) is 5.84. The molecule has 1 unspecified atom stereocenters. The summed E-state index contributed by atoms with van der Waals surface area (Å²) in [5.74, 6) is 0.393. The van der Waals surface area contributed by atoms with Gasteiger partial charge in [0.15, 0.2) is 0 Å². The molecule has 0 spiro atoms. The fraction of sp³-hybridized carbons (Fsp3) is 0.500. The highest BCUT2D eigenvalue weighted by Crippen LogP contribution is 2.39. The molecule has 1 aliphatic carbocycles. The Balaban J connectivity index is 1.60. The molecule has 0 radical (unpaired) electrons. The van der Waals surface area contributed by atoms with E-state index in [9.17, 15) is 9.59 Å². The molecule has 1 fully saturated rings. The topological polar surface area (TPSA) is 40.6 Å². The van der Waals surface area contributed by atoms with Gasteiger partial charge < -0.3 is 9.80 Å². The van der Waals surface area contributed by atoms with Gasteiger partial charge in [-0.3, -0.25) is 9.59 Å². The Morgan fingerprint density at radius 1 is 1.17 bits per heavy atom. The first-order valence-electron chi connectivity index (χ1n) is 10.8. The lowest BCUT2D eigenvalue weighted by atomic mass is 9.90. The van der Waals surface area contributed by atoms with E-state index in [2.05, 4.69) is 43.5 Å². The van der Waals surface area contributed by atoms with Crippen LogP contribution in [0.25, 0.3) is 0 Å². The van der Waals surface area contributed by atoms with Crippen molar-refractivity contribution in [1.29, 1.82) is 0 Å². The summed E-state index contributed by atoms with van der Waals surface area (Å²) >= 11 is 1.78. The van der Waals surface area contributed by atoms with Crippen LogP contribution in [0.15, 0.2) is 35.7 Å². The van der Waals surface area contributed by atoms with Crippen molar-refractivity contribution >= 4 is 23.2 Å². The summed E-state index contributed by atoms with van der Waals surface area (Å²) < 4.78 is 0. The summed E-state index contributed by atoms with van der Waals surface area (Å²) in [5, 5.41) is 2.13. The van der Waals surface area contributed by atoms with Gasteiger partial charge in [0.2, 0.25) is 11.8 Å². The highest BCUT2D eigenvalue weighted by atomic mass is 32.1. The predicted octanol–water partition coefficient (Wildman–Crippen LogP) is 4.57. The number of hydrogen-bond donors (Lipinski definition) is 0. The molecule has 1 atom stereocenters. The summed E-state index contributed by atoms with van der Waals surface area (Å²) in [6.07, 6.45) is 4.82. The average Bonchev–Trinajstić information content (AvgIpc) is 3.47. The standard InChI is InChI=1S/C24H30N2O2S/c1-3-4-13-25(24(28)18-9-10-18)16-22(27)26-14-11-21-20(12-15-29-21)23(26)19-8-6-5-7-17(19)2/h5-8,12,15,18,23H,3-4,9-11,13-14,16H2,1-2H3. The van der Waals surface area contributed by atoms with E-state index in [0.717, 1.165) is 32.1 Å². The van der Waals surface area contributed by atoms with Crippen LogP contribution < -0.4 is 0 Å². The molecule has 1 aromatic carbocycles. The number of nitrogens with zero attached hydrogens (tertiary/aromatic N) is 2. The number of rotatable bonds is 7. The molecular weight excluding hydrogens is 380 g/mol. The molecule has 4 rings (SSSR count). The van der Waals surface area contributed by atoms with Crippen LogP contribution in [-0.4, -0.2) is 41.2 Å². The van der Waals surface area contributed by atoms with Crippen LogP contribution in [0.5, 0.6) is 0 Å². The van der Waals surface area contributed by atoms with Gasteiger partial charge in [0, 0.05) is 23.9 Å². The molecule has 1 aliphatic heterocycles. The minimum absolute atomic E-state index is 0.0530. The number of amides is 2. The van der Waals surface area contributed by atoms with Crippen LogP contribution in [0.2, 0.25) is 0 Å². The van der Waals surface area contributed by atoms with Crippen LogP contribution in [0.3, 0.4) is 0 Å². The fourth-order valence-electron chi connectivity index (χ4n) is 4.27. The maximum Gasteiger partial charge on any atom is 0.242 e. The number of carbonyl (C=O) groups is 2. The van der Waals surface area contributed by atoms with Gasteiger partial charge in [0.05, 0.1) is 12.6 Å². The fourth-order valence-corrected chi connectivity index (χ4v) is 5.18. The first-order chi connectivity index (χ1) is 14.1. The molecule has 0 bridgehead atoms. The van der Waals surface area contributed by atoms with Crippen LogP contribution >= 0.6 is 11.3 Å². The Hall–Kier alpha value is -2.14. The molecule has 2 aromatic rings. The van der Waals surface area contributed by atoms with Gasteiger partial charge >= 0.3 is 0 Å². The Kier molecular flexibility index (Phi) is 6.04. The molecule has 2 aliphatic rings. The number of hydrogen-bond acceptors (Lipinski definition) is 3. The third-order valence-corrected chi connectivity index (χ3v) is 7.11. The van der Waals surface area contributed by atoms with Crippen molar-refractivity contribution in [2.24, 2.45) is 5.92 Å². The molecule has 0 N–H and O–H groups in total. The van der Waals surface area contributed by atoms with E-state index in [1.54, 1.807) is 11.3 Å². The van der Waals surface area contributed by atoms with Gasteiger partial charge in [-0.25, -0.2) is 0 Å². The first-order valence-corrected chi connectivity index (χ1v) is 11.7. The van der Waals surface area contributed by atoms with Gasteiger partial charge in [-0.1, -0.05) is 37.6 Å². The smallest absolute Gasteiger partial charge is 0.242 e. The maximum absolute atomic E-state index is 13.5. The van der Waals surface area contributed by atoms with E-state index >= 15 is 0 Å². The Labute approximate surface area is 177 Å². The SMILES string of the molecule is CCCCN(CC(=O)N1CCc2sccc2C1c1ccccc1C)C(=O)C1CC1. The third-order valence-electron chi connectivity index (χ3n) is 6.12. The van der Waals surface area contributed by atoms with Crippen molar-refractivity contribution in [1.82, 2.24) is 9.80 Å². The van der Waals surface area contributed by atoms with E-state index in [-0.39, 0.29) is 30.3 Å². The summed E-state index contributed by atoms with van der Waals surface area (Å²) in [7, 11) is 0. The van der Waals surface area contributed by atoms with Crippen molar-refractivity contribution in [3.63, 3.8) is 0 Å². The molecule has 5 heteroatoms. The molecule has 2 amide bonds. The number of carbonyl (C=O) groups excluding carboxylic acids is 2. The Morgan fingerprint density at radius 3 is 2.69 bits per heavy atom. The van der Waals surface area contributed by atoms with Crippen LogP contribution in [0.1, 0.15) is 60.2 Å². The van der Waals surface area contributed by atoms with Crippen LogP contribution in [-0.2, 0) is 16.0 Å². The second-order valence-electron chi connectivity index (χ2n) is 8.28. The van der Waals surface area contributed by atoms with Crippen molar-refractivity contribution in [2.45, 2.75) is 52.0 Å². The number of fused-ring (bicyclic) bond motifs is 1. The average molecular weight is 411 g/mol. The number of thiophene rings is 1. The predicted molar refractivity (Wildman–Crippen MR) is 117 cm³/mol. The molecule has 29 heavy (non-hydrogen) atoms. The maximum atomic E-state index is 13.5. The molecular formula is C24H30N2O2S.